The van der Waals surface area contributed by atoms with Crippen molar-refractivity contribution in [2.24, 2.45) is 0 Å². The minimum absolute atomic E-state index is 0.153. The van der Waals surface area contributed by atoms with E-state index in [9.17, 15) is 13.5 Å². The van der Waals surface area contributed by atoms with Gasteiger partial charge in [0.1, 0.15) is 0 Å². The van der Waals surface area contributed by atoms with E-state index in [0.717, 1.165) is 5.56 Å². The summed E-state index contributed by atoms with van der Waals surface area (Å²) >= 11 is 0. The second-order valence-corrected chi connectivity index (χ2v) is 6.85. The van der Waals surface area contributed by atoms with Gasteiger partial charge < -0.3 is 5.11 Å². The Hall–Kier alpha value is -0.910. The first kappa shape index (κ1) is 13.5. The molecular weight excluding hydrogens is 250 g/mol. The summed E-state index contributed by atoms with van der Waals surface area (Å²) in [5.74, 6) is 0. The largest absolute Gasteiger partial charge is 0.393 e. The van der Waals surface area contributed by atoms with E-state index in [1.807, 2.05) is 13.8 Å². The average molecular weight is 269 g/mol. The minimum Gasteiger partial charge on any atom is -0.393 e. The molecule has 100 valence electrons. The Morgan fingerprint density at radius 2 is 1.89 bits per heavy atom. The van der Waals surface area contributed by atoms with Crippen molar-refractivity contribution in [3.05, 3.63) is 29.8 Å². The van der Waals surface area contributed by atoms with Gasteiger partial charge in [0.05, 0.1) is 11.0 Å². The zero-order valence-electron chi connectivity index (χ0n) is 10.7. The Morgan fingerprint density at radius 1 is 1.28 bits per heavy atom. The predicted octanol–water partition coefficient (Wildman–Crippen LogP) is 1.53. The van der Waals surface area contributed by atoms with Crippen LogP contribution >= 0.6 is 0 Å². The molecule has 0 unspecified atom stereocenters. The molecule has 5 heteroatoms. The van der Waals surface area contributed by atoms with Gasteiger partial charge in [-0.2, -0.15) is 4.31 Å². The number of rotatable bonds is 2. The van der Waals surface area contributed by atoms with E-state index in [2.05, 4.69) is 0 Å². The van der Waals surface area contributed by atoms with Crippen LogP contribution < -0.4 is 0 Å². The summed E-state index contributed by atoms with van der Waals surface area (Å²) in [5, 5.41) is 9.55. The fourth-order valence-electron chi connectivity index (χ4n) is 2.33. The lowest BCUT2D eigenvalue weighted by molar-refractivity contribution is 0.0867. The second kappa shape index (κ2) is 4.99. The number of sulfonamides is 1. The van der Waals surface area contributed by atoms with E-state index >= 15 is 0 Å². The van der Waals surface area contributed by atoms with Crippen molar-refractivity contribution in [1.82, 2.24) is 4.31 Å². The third kappa shape index (κ3) is 2.58. The van der Waals surface area contributed by atoms with Gasteiger partial charge in [-0.05, 0) is 38.8 Å². The first-order chi connectivity index (χ1) is 8.41. The topological polar surface area (TPSA) is 57.6 Å². The summed E-state index contributed by atoms with van der Waals surface area (Å²) in [4.78, 5) is 0.330. The van der Waals surface area contributed by atoms with Gasteiger partial charge in [0, 0.05) is 12.6 Å². The van der Waals surface area contributed by atoms with Crippen molar-refractivity contribution < 1.29 is 13.5 Å². The van der Waals surface area contributed by atoms with Crippen LogP contribution in [0.2, 0.25) is 0 Å². The van der Waals surface area contributed by atoms with Crippen LogP contribution in [0.3, 0.4) is 0 Å². The van der Waals surface area contributed by atoms with Gasteiger partial charge in [-0.1, -0.05) is 17.7 Å². The van der Waals surface area contributed by atoms with Gasteiger partial charge in [0.25, 0.3) is 0 Å². The van der Waals surface area contributed by atoms with E-state index < -0.39 is 10.0 Å². The lowest BCUT2D eigenvalue weighted by atomic mass is 10.0. The highest BCUT2D eigenvalue weighted by atomic mass is 32.2. The van der Waals surface area contributed by atoms with Gasteiger partial charge >= 0.3 is 0 Å². The van der Waals surface area contributed by atoms with Gasteiger partial charge in [-0.15, -0.1) is 0 Å². The van der Waals surface area contributed by atoms with Crippen LogP contribution in [0.25, 0.3) is 0 Å². The van der Waals surface area contributed by atoms with Gasteiger partial charge in [0.15, 0.2) is 0 Å². The molecule has 0 saturated carbocycles. The minimum atomic E-state index is -3.43. The molecule has 1 saturated heterocycles. The smallest absolute Gasteiger partial charge is 0.243 e. The number of piperidine rings is 1. The van der Waals surface area contributed by atoms with E-state index in [1.54, 1.807) is 24.3 Å². The number of hydrogen-bond acceptors (Lipinski definition) is 3. The summed E-state index contributed by atoms with van der Waals surface area (Å²) in [6.07, 6.45) is 0.630. The molecule has 0 radical (unpaired) electrons. The highest BCUT2D eigenvalue weighted by Gasteiger charge is 2.33. The van der Waals surface area contributed by atoms with Gasteiger partial charge in [0.2, 0.25) is 10.0 Å². The fraction of sp³-hybridized carbons (Fsp3) is 0.538. The lowest BCUT2D eigenvalue weighted by Crippen LogP contribution is -2.45. The Labute approximate surface area is 108 Å². The van der Waals surface area contributed by atoms with Crippen LogP contribution in [-0.4, -0.2) is 36.5 Å². The maximum atomic E-state index is 12.5. The molecule has 1 heterocycles. The van der Waals surface area contributed by atoms with Crippen molar-refractivity contribution in [3.8, 4) is 0 Å². The number of nitrogens with zero attached hydrogens (tertiary/aromatic N) is 1. The normalized spacial score (nSPS) is 26.2. The first-order valence-corrected chi connectivity index (χ1v) is 7.62. The molecule has 0 spiro atoms. The summed E-state index contributed by atoms with van der Waals surface area (Å²) in [5.41, 5.74) is 1.04. The standard InChI is InChI=1S/C13H19NO3S/c1-10-3-5-13(6-4-10)18(16,17)14-8-7-12(15)9-11(14)2/h3-6,11-12,15H,7-9H2,1-2H3/t11-,12+/m1/s1. The number of aryl methyl sites for hydroxylation is 1. The van der Waals surface area contributed by atoms with Crippen molar-refractivity contribution >= 4 is 10.0 Å². The summed E-state index contributed by atoms with van der Waals surface area (Å²) in [7, 11) is -3.43. The van der Waals surface area contributed by atoms with Crippen LogP contribution in [0, 0.1) is 6.92 Å². The van der Waals surface area contributed by atoms with Crippen molar-refractivity contribution in [2.75, 3.05) is 6.54 Å². The fourth-order valence-corrected chi connectivity index (χ4v) is 3.98. The molecule has 0 bridgehead atoms. The van der Waals surface area contributed by atoms with Gasteiger partial charge in [-0.25, -0.2) is 8.42 Å². The molecule has 1 aromatic rings. The Morgan fingerprint density at radius 3 is 2.44 bits per heavy atom. The van der Waals surface area contributed by atoms with Crippen LogP contribution in [0.1, 0.15) is 25.3 Å². The van der Waals surface area contributed by atoms with E-state index in [4.69, 9.17) is 0 Å². The third-order valence-corrected chi connectivity index (χ3v) is 5.44. The number of aliphatic hydroxyl groups is 1. The molecule has 1 aliphatic heterocycles. The molecule has 1 fully saturated rings. The summed E-state index contributed by atoms with van der Waals surface area (Å²) in [6, 6.07) is 6.73. The third-order valence-electron chi connectivity index (χ3n) is 3.42. The molecule has 0 amide bonds. The molecule has 1 aromatic carbocycles. The number of benzene rings is 1. The van der Waals surface area contributed by atoms with Crippen LogP contribution in [0.5, 0.6) is 0 Å². The van der Waals surface area contributed by atoms with Crippen LogP contribution in [0.4, 0.5) is 0 Å². The molecule has 1 N–H and O–H groups in total. The average Bonchev–Trinajstić information content (AvgIpc) is 2.29. The monoisotopic (exact) mass is 269 g/mol. The Balaban J connectivity index is 2.28. The molecule has 2 atom stereocenters. The Bertz CT molecular complexity index is 510. The first-order valence-electron chi connectivity index (χ1n) is 6.18. The summed E-state index contributed by atoms with van der Waals surface area (Å²) in [6.45, 7) is 4.16. The SMILES string of the molecule is Cc1ccc(S(=O)(=O)N2CC[C@H](O)C[C@H]2C)cc1. The molecule has 1 aliphatic rings. The van der Waals surface area contributed by atoms with Crippen molar-refractivity contribution in [1.29, 1.82) is 0 Å². The zero-order valence-corrected chi connectivity index (χ0v) is 11.5. The summed E-state index contributed by atoms with van der Waals surface area (Å²) < 4.78 is 26.4. The second-order valence-electron chi connectivity index (χ2n) is 4.96. The highest BCUT2D eigenvalue weighted by Crippen LogP contribution is 2.25. The van der Waals surface area contributed by atoms with E-state index in [-0.39, 0.29) is 12.1 Å². The molecule has 0 aromatic heterocycles. The van der Waals surface area contributed by atoms with E-state index in [1.165, 1.54) is 4.31 Å². The van der Waals surface area contributed by atoms with Crippen molar-refractivity contribution in [3.63, 3.8) is 0 Å². The van der Waals surface area contributed by atoms with Crippen molar-refractivity contribution in [2.45, 2.75) is 43.7 Å². The zero-order chi connectivity index (χ0) is 13.3. The Kier molecular flexibility index (Phi) is 3.75. The number of aliphatic hydroxyl groups excluding tert-OH is 1. The molecule has 2 rings (SSSR count). The van der Waals surface area contributed by atoms with Gasteiger partial charge in [-0.3, -0.25) is 0 Å². The van der Waals surface area contributed by atoms with Crippen LogP contribution in [0.15, 0.2) is 29.2 Å². The number of hydrogen-bond donors (Lipinski definition) is 1. The van der Waals surface area contributed by atoms with Crippen LogP contribution in [-0.2, 0) is 10.0 Å². The highest BCUT2D eigenvalue weighted by molar-refractivity contribution is 7.89. The lowest BCUT2D eigenvalue weighted by Gasteiger charge is -2.34. The quantitative estimate of drug-likeness (QED) is 0.886. The molecule has 0 aliphatic carbocycles. The molecule has 4 nitrogen and oxygen atoms in total. The maximum Gasteiger partial charge on any atom is 0.243 e. The maximum absolute atomic E-state index is 12.5. The predicted molar refractivity (Wildman–Crippen MR) is 69.8 cm³/mol. The molecular formula is C13H19NO3S. The van der Waals surface area contributed by atoms with E-state index in [0.29, 0.717) is 24.3 Å². The molecule has 18 heavy (non-hydrogen) atoms.